The third-order valence-electron chi connectivity index (χ3n) is 5.88. The van der Waals surface area contributed by atoms with E-state index in [1.165, 1.54) is 0 Å². The van der Waals surface area contributed by atoms with Crippen molar-refractivity contribution in [3.05, 3.63) is 0 Å². The Morgan fingerprint density at radius 3 is 1.85 bits per heavy atom. The average Bonchev–Trinajstić information content (AvgIpc) is 2.77. The number of aliphatic hydroxyl groups is 1. The molecule has 0 saturated heterocycles. The maximum atomic E-state index is 13.2. The van der Waals surface area contributed by atoms with Gasteiger partial charge in [-0.2, -0.15) is 0 Å². The molecule has 4 atom stereocenters. The molecule has 0 saturated carbocycles. The molecule has 0 unspecified atom stereocenters. The first kappa shape index (κ1) is 32.0. The predicted molar refractivity (Wildman–Crippen MR) is 135 cm³/mol. The number of hydrogen-bond acceptors (Lipinski definition) is 5. The van der Waals surface area contributed by atoms with Gasteiger partial charge in [-0.3, -0.25) is 19.2 Å². The van der Waals surface area contributed by atoms with Crippen molar-refractivity contribution in [1.82, 2.24) is 16.0 Å². The largest absolute Gasteiger partial charge is 0.396 e. The molecule has 0 bridgehead atoms. The van der Waals surface area contributed by atoms with E-state index in [2.05, 4.69) is 22.9 Å². The van der Waals surface area contributed by atoms with E-state index in [9.17, 15) is 24.3 Å². The van der Waals surface area contributed by atoms with Crippen LogP contribution in [0.2, 0.25) is 0 Å². The third-order valence-corrected chi connectivity index (χ3v) is 5.88. The highest BCUT2D eigenvalue weighted by Crippen LogP contribution is 2.12. The standard InChI is InChI=1S/C26H49N3O5/c1-8-10-12-14-22(31)29-23(18(5)6)26(34)27-20(13-11-9-2)25(33)28-21(15-17(3)4)24(32)19(7)16-30/h17-21,23,30H,8-16H2,1-7H3,(H,27,34)(H,28,33)(H,29,31)/t19-,20-,21-,23-/m0/s1. The first-order valence-corrected chi connectivity index (χ1v) is 13.0. The third kappa shape index (κ3) is 12.5. The SMILES string of the molecule is CCCCCC(=O)N[C@H](C(=O)N[C@@H](CCCC)C(=O)N[C@@H](CC(C)C)C(=O)[C@@H](C)CO)C(C)C. The van der Waals surface area contributed by atoms with Crippen molar-refractivity contribution in [2.75, 3.05) is 6.61 Å². The second-order valence-electron chi connectivity index (χ2n) is 10.1. The van der Waals surface area contributed by atoms with Crippen LogP contribution >= 0.6 is 0 Å². The summed E-state index contributed by atoms with van der Waals surface area (Å²) < 4.78 is 0. The fourth-order valence-corrected chi connectivity index (χ4v) is 3.68. The van der Waals surface area contributed by atoms with Gasteiger partial charge in [0.2, 0.25) is 17.7 Å². The van der Waals surface area contributed by atoms with Crippen LogP contribution in [0.25, 0.3) is 0 Å². The molecule has 3 amide bonds. The molecule has 0 heterocycles. The highest BCUT2D eigenvalue weighted by Gasteiger charge is 2.31. The topological polar surface area (TPSA) is 125 Å². The van der Waals surface area contributed by atoms with Crippen LogP contribution in [0.15, 0.2) is 0 Å². The zero-order valence-electron chi connectivity index (χ0n) is 22.4. The van der Waals surface area contributed by atoms with Gasteiger partial charge in [0.25, 0.3) is 0 Å². The molecule has 8 nitrogen and oxygen atoms in total. The van der Waals surface area contributed by atoms with Crippen LogP contribution in [0.3, 0.4) is 0 Å². The van der Waals surface area contributed by atoms with E-state index < -0.39 is 35.9 Å². The number of unbranched alkanes of at least 4 members (excludes halogenated alkanes) is 3. The normalized spacial score (nSPS) is 14.9. The number of nitrogens with one attached hydrogen (secondary N) is 3. The summed E-state index contributed by atoms with van der Waals surface area (Å²) in [5, 5.41) is 17.9. The van der Waals surface area contributed by atoms with Gasteiger partial charge in [-0.15, -0.1) is 0 Å². The van der Waals surface area contributed by atoms with Crippen LogP contribution in [0.1, 0.15) is 99.8 Å². The monoisotopic (exact) mass is 483 g/mol. The number of amides is 3. The molecular weight excluding hydrogens is 434 g/mol. The number of carbonyl (C=O) groups is 4. The maximum absolute atomic E-state index is 13.2. The zero-order chi connectivity index (χ0) is 26.3. The van der Waals surface area contributed by atoms with Gasteiger partial charge in [-0.05, 0) is 31.1 Å². The zero-order valence-corrected chi connectivity index (χ0v) is 22.4. The van der Waals surface area contributed by atoms with Crippen LogP contribution < -0.4 is 16.0 Å². The Bertz CT molecular complexity index is 636. The van der Waals surface area contributed by atoms with Gasteiger partial charge in [0.05, 0.1) is 12.6 Å². The summed E-state index contributed by atoms with van der Waals surface area (Å²) >= 11 is 0. The van der Waals surface area contributed by atoms with E-state index in [0.29, 0.717) is 19.3 Å². The van der Waals surface area contributed by atoms with Gasteiger partial charge in [0.15, 0.2) is 5.78 Å². The van der Waals surface area contributed by atoms with E-state index in [0.717, 1.165) is 32.1 Å². The Balaban J connectivity index is 5.44. The Morgan fingerprint density at radius 1 is 0.765 bits per heavy atom. The molecule has 0 aliphatic carbocycles. The van der Waals surface area contributed by atoms with Crippen molar-refractivity contribution in [3.63, 3.8) is 0 Å². The first-order chi connectivity index (χ1) is 16.0. The van der Waals surface area contributed by atoms with E-state index in [1.54, 1.807) is 6.92 Å². The molecule has 0 spiro atoms. The molecule has 34 heavy (non-hydrogen) atoms. The number of hydrogen-bond donors (Lipinski definition) is 4. The molecule has 8 heteroatoms. The highest BCUT2D eigenvalue weighted by atomic mass is 16.3. The second kappa shape index (κ2) is 17.5. The van der Waals surface area contributed by atoms with E-state index >= 15 is 0 Å². The quantitative estimate of drug-likeness (QED) is 0.223. The Labute approximate surface area is 206 Å². The van der Waals surface area contributed by atoms with E-state index in [1.807, 2.05) is 34.6 Å². The minimum atomic E-state index is -0.808. The minimum absolute atomic E-state index is 0.148. The van der Waals surface area contributed by atoms with Gasteiger partial charge >= 0.3 is 0 Å². The van der Waals surface area contributed by atoms with Crippen LogP contribution in [0.4, 0.5) is 0 Å². The van der Waals surface area contributed by atoms with Gasteiger partial charge in [-0.25, -0.2) is 0 Å². The molecule has 0 radical (unpaired) electrons. The summed E-state index contributed by atoms with van der Waals surface area (Å²) in [7, 11) is 0. The lowest BCUT2D eigenvalue weighted by atomic mass is 9.93. The molecule has 0 aromatic rings. The maximum Gasteiger partial charge on any atom is 0.243 e. The molecule has 0 rings (SSSR count). The number of ketones is 1. The Morgan fingerprint density at radius 2 is 1.35 bits per heavy atom. The molecule has 0 aromatic heterocycles. The summed E-state index contributed by atoms with van der Waals surface area (Å²) in [5.74, 6) is -1.76. The van der Waals surface area contributed by atoms with Crippen LogP contribution in [0, 0.1) is 17.8 Å². The minimum Gasteiger partial charge on any atom is -0.396 e. The van der Waals surface area contributed by atoms with Crippen LogP contribution in [0.5, 0.6) is 0 Å². The average molecular weight is 484 g/mol. The van der Waals surface area contributed by atoms with Crippen LogP contribution in [-0.4, -0.2) is 53.3 Å². The van der Waals surface area contributed by atoms with Gasteiger partial charge in [0, 0.05) is 12.3 Å². The van der Waals surface area contributed by atoms with Gasteiger partial charge in [0.1, 0.15) is 12.1 Å². The Hall–Kier alpha value is -1.96. The fourth-order valence-electron chi connectivity index (χ4n) is 3.68. The predicted octanol–water partition coefficient (Wildman–Crippen LogP) is 3.11. The molecular formula is C26H49N3O5. The summed E-state index contributed by atoms with van der Waals surface area (Å²) in [4.78, 5) is 51.3. The number of carbonyl (C=O) groups excluding carboxylic acids is 4. The molecule has 0 aromatic carbocycles. The highest BCUT2D eigenvalue weighted by molar-refractivity contribution is 5.95. The summed E-state index contributed by atoms with van der Waals surface area (Å²) in [6.07, 6.45) is 5.55. The van der Waals surface area contributed by atoms with Gasteiger partial charge < -0.3 is 21.1 Å². The van der Waals surface area contributed by atoms with Crippen LogP contribution in [-0.2, 0) is 19.2 Å². The fraction of sp³-hybridized carbons (Fsp3) is 0.846. The van der Waals surface area contributed by atoms with Crippen molar-refractivity contribution in [2.45, 2.75) is 118 Å². The second-order valence-corrected chi connectivity index (χ2v) is 10.1. The lowest BCUT2D eigenvalue weighted by Gasteiger charge is -2.28. The van der Waals surface area contributed by atoms with Crippen molar-refractivity contribution in [3.8, 4) is 0 Å². The van der Waals surface area contributed by atoms with Crippen molar-refractivity contribution >= 4 is 23.5 Å². The molecule has 0 aliphatic rings. The number of rotatable bonds is 18. The van der Waals surface area contributed by atoms with E-state index in [-0.39, 0.29) is 30.1 Å². The lowest BCUT2D eigenvalue weighted by molar-refractivity contribution is -0.135. The lowest BCUT2D eigenvalue weighted by Crippen LogP contribution is -2.57. The summed E-state index contributed by atoms with van der Waals surface area (Å²) in [6, 6.07) is -2.28. The smallest absolute Gasteiger partial charge is 0.243 e. The van der Waals surface area contributed by atoms with Crippen molar-refractivity contribution in [2.24, 2.45) is 17.8 Å². The van der Waals surface area contributed by atoms with Crippen molar-refractivity contribution < 1.29 is 24.3 Å². The Kier molecular flexibility index (Phi) is 16.5. The molecule has 4 N–H and O–H groups in total. The number of Topliss-reactive ketones (excluding diaryl/α,β-unsaturated/α-hetero) is 1. The first-order valence-electron chi connectivity index (χ1n) is 13.0. The molecule has 198 valence electrons. The van der Waals surface area contributed by atoms with E-state index in [4.69, 9.17) is 0 Å². The number of aliphatic hydroxyl groups excluding tert-OH is 1. The van der Waals surface area contributed by atoms with Gasteiger partial charge in [-0.1, -0.05) is 74.1 Å². The van der Waals surface area contributed by atoms with Crippen molar-refractivity contribution in [1.29, 1.82) is 0 Å². The summed E-state index contributed by atoms with van der Waals surface area (Å²) in [5.41, 5.74) is 0. The molecule has 0 fully saturated rings. The summed E-state index contributed by atoms with van der Waals surface area (Å²) in [6.45, 7) is 13.0. The molecule has 0 aliphatic heterocycles.